The number of likely N-dealkylation sites (N-methyl/N-ethyl adjacent to an activating group) is 1. The first-order valence-corrected chi connectivity index (χ1v) is 30.6. The molecule has 11 N–H and O–H groups in total. The lowest BCUT2D eigenvalue weighted by atomic mass is 9.79. The van der Waals surface area contributed by atoms with Crippen LogP contribution < -0.4 is 48.3 Å². The van der Waals surface area contributed by atoms with E-state index in [2.05, 4.69) is 58.5 Å². The van der Waals surface area contributed by atoms with E-state index < -0.39 is 82.4 Å². The fourth-order valence-electron chi connectivity index (χ4n) is 12.3. The van der Waals surface area contributed by atoms with E-state index in [-0.39, 0.29) is 87.0 Å². The van der Waals surface area contributed by atoms with Crippen molar-refractivity contribution >= 4 is 87.2 Å². The van der Waals surface area contributed by atoms with Crippen molar-refractivity contribution in [3.05, 3.63) is 81.5 Å². The second-order valence-electron chi connectivity index (χ2n) is 23.3. The average molecular weight is 1180 g/mol. The predicted molar refractivity (Wildman–Crippen MR) is 317 cm³/mol. The van der Waals surface area contributed by atoms with E-state index >= 15 is 0 Å². The quantitative estimate of drug-likeness (QED) is 0.0207. The molecule has 0 bridgehead atoms. The van der Waals surface area contributed by atoms with Gasteiger partial charge < -0.3 is 58.2 Å². The second kappa shape index (κ2) is 28.8. The predicted octanol–water partition coefficient (Wildman–Crippen LogP) is 2.58. The van der Waals surface area contributed by atoms with Crippen molar-refractivity contribution in [1.29, 1.82) is 0 Å². The molecule has 3 fully saturated rings. The van der Waals surface area contributed by atoms with Gasteiger partial charge in [0.25, 0.3) is 5.69 Å². The summed E-state index contributed by atoms with van der Waals surface area (Å²) in [5, 5.41) is 35.9. The van der Waals surface area contributed by atoms with E-state index in [1.165, 1.54) is 41.7 Å². The van der Waals surface area contributed by atoms with E-state index in [9.17, 15) is 53.3 Å². The van der Waals surface area contributed by atoms with Gasteiger partial charge in [-0.1, -0.05) is 50.6 Å². The van der Waals surface area contributed by atoms with Crippen molar-refractivity contribution in [1.82, 2.24) is 57.3 Å². The number of nitrogens with two attached hydrogens (primary N) is 1. The van der Waals surface area contributed by atoms with Gasteiger partial charge in [0.05, 0.1) is 22.9 Å². The summed E-state index contributed by atoms with van der Waals surface area (Å²) in [6, 6.07) is 7.12. The van der Waals surface area contributed by atoms with Gasteiger partial charge in [0.1, 0.15) is 30.2 Å². The SMILES string of the molecule is CC(=O)N[C@@H](CCCCNC(=O)[C@@H]1CCCN1C(=O)[C@H](Cc1ccc([N+](=O)[O-])cc1)NC(=O)[C@@H](NC(=O)[C@@H]1C=C2c3cccc4[nH]cc(c34)C[C@H]2N(C)C1)C(C)C)C(=O)NCCCC[C@H](NC(=O)CCCC[C@@H]1SC[C@@H]2NC(=O)N[C@@H]21)C(N)=O. The zero-order valence-corrected chi connectivity index (χ0v) is 49.1. The third-order valence-corrected chi connectivity index (χ3v) is 18.3. The number of non-ortho nitro benzene ring substituents is 1. The summed E-state index contributed by atoms with van der Waals surface area (Å²) in [5.41, 5.74) is 10.4. The number of likely N-dealkylation sites (tertiary alicyclic amines) is 1. The molecular weight excluding hydrogens is 1100 g/mol. The first-order valence-electron chi connectivity index (χ1n) is 29.5. The Morgan fingerprint density at radius 2 is 1.58 bits per heavy atom. The summed E-state index contributed by atoms with van der Waals surface area (Å²) in [6.07, 6.45) is 10.6. The van der Waals surface area contributed by atoms with Gasteiger partial charge in [0.15, 0.2) is 0 Å². The van der Waals surface area contributed by atoms with Crippen molar-refractivity contribution in [2.75, 3.05) is 39.0 Å². The molecule has 1 aliphatic carbocycles. The summed E-state index contributed by atoms with van der Waals surface area (Å²) in [5.74, 6) is -3.67. The molecule has 25 heteroatoms. The molecule has 454 valence electrons. The van der Waals surface area contributed by atoms with Gasteiger partial charge in [-0.05, 0) is 112 Å². The number of hydrogen-bond donors (Lipinski definition) is 10. The zero-order chi connectivity index (χ0) is 60.2. The fraction of sp³-hybridized carbons (Fsp3) is 0.576. The van der Waals surface area contributed by atoms with Crippen molar-refractivity contribution in [3.8, 4) is 0 Å². The van der Waals surface area contributed by atoms with Crippen LogP contribution in [0, 0.1) is 22.0 Å². The van der Waals surface area contributed by atoms with E-state index in [4.69, 9.17) is 5.73 Å². The van der Waals surface area contributed by atoms with Gasteiger partial charge in [-0.15, -0.1) is 0 Å². The molecule has 0 spiro atoms. The van der Waals surface area contributed by atoms with Crippen LogP contribution in [-0.2, 0) is 51.2 Å². The lowest BCUT2D eigenvalue weighted by Gasteiger charge is -2.39. The van der Waals surface area contributed by atoms with Gasteiger partial charge in [-0.3, -0.25) is 53.4 Å². The Balaban J connectivity index is 0.794. The number of nitro groups is 1. The number of nitrogens with zero attached hydrogens (tertiary/aromatic N) is 3. The monoisotopic (exact) mass is 1180 g/mol. The second-order valence-corrected chi connectivity index (χ2v) is 24.5. The van der Waals surface area contributed by atoms with Gasteiger partial charge in [0.2, 0.25) is 47.3 Å². The molecule has 84 heavy (non-hydrogen) atoms. The Bertz CT molecular complexity index is 2970. The number of nitro benzene ring substituents is 1. The Morgan fingerprint density at radius 3 is 2.30 bits per heavy atom. The minimum absolute atomic E-state index is 0.0520. The van der Waals surface area contributed by atoms with Crippen LogP contribution in [0.4, 0.5) is 10.5 Å². The molecule has 2 aromatic carbocycles. The highest BCUT2D eigenvalue weighted by molar-refractivity contribution is 8.00. The van der Waals surface area contributed by atoms with Crippen LogP contribution in [0.1, 0.15) is 115 Å². The number of fused-ring (bicyclic) bond motifs is 3. The Labute approximate surface area is 493 Å². The average Bonchev–Trinajstić information content (AvgIpc) is 2.92. The van der Waals surface area contributed by atoms with Gasteiger partial charge >= 0.3 is 6.03 Å². The molecule has 24 nitrogen and oxygen atoms in total. The molecule has 4 aliphatic heterocycles. The van der Waals surface area contributed by atoms with Gasteiger partial charge in [-0.2, -0.15) is 11.8 Å². The van der Waals surface area contributed by atoms with Crippen LogP contribution in [0.25, 0.3) is 16.5 Å². The fourth-order valence-corrected chi connectivity index (χ4v) is 13.9. The lowest BCUT2D eigenvalue weighted by molar-refractivity contribution is -0.384. The number of H-pyrrole nitrogens is 1. The normalized spacial score (nSPS) is 22.0. The molecule has 1 aromatic heterocycles. The number of carbonyl (C=O) groups excluding carboxylic acids is 9. The zero-order valence-electron chi connectivity index (χ0n) is 48.3. The largest absolute Gasteiger partial charge is 0.368 e. The van der Waals surface area contributed by atoms with E-state index in [0.717, 1.165) is 47.1 Å². The lowest BCUT2D eigenvalue weighted by Crippen LogP contribution is -2.59. The summed E-state index contributed by atoms with van der Waals surface area (Å²) in [7, 11) is 1.99. The van der Waals surface area contributed by atoms with Gasteiger partial charge in [0, 0.05) is 92.2 Å². The molecule has 0 saturated carbocycles. The van der Waals surface area contributed by atoms with Crippen LogP contribution >= 0.6 is 11.8 Å². The van der Waals surface area contributed by atoms with Crippen LogP contribution in [0.2, 0.25) is 0 Å². The van der Waals surface area contributed by atoms with E-state index in [1.807, 2.05) is 43.2 Å². The number of amides is 10. The van der Waals surface area contributed by atoms with E-state index in [1.54, 1.807) is 13.8 Å². The number of benzene rings is 2. The van der Waals surface area contributed by atoms with Crippen molar-refractivity contribution in [2.45, 2.75) is 164 Å². The summed E-state index contributed by atoms with van der Waals surface area (Å²) < 4.78 is 0. The Kier molecular flexibility index (Phi) is 21.5. The number of carbonyl (C=O) groups is 9. The molecule has 5 heterocycles. The number of aromatic amines is 1. The smallest absolute Gasteiger partial charge is 0.315 e. The number of aromatic nitrogens is 1. The molecule has 10 atom stereocenters. The van der Waals surface area contributed by atoms with Gasteiger partial charge in [-0.25, -0.2) is 4.79 Å². The summed E-state index contributed by atoms with van der Waals surface area (Å²) >= 11 is 1.81. The Morgan fingerprint density at radius 1 is 0.845 bits per heavy atom. The maximum absolute atomic E-state index is 14.7. The topological polar surface area (TPSA) is 341 Å². The first-order chi connectivity index (χ1) is 40.3. The van der Waals surface area contributed by atoms with Crippen LogP contribution in [0.3, 0.4) is 0 Å². The Hall–Kier alpha value is -7.54. The minimum atomic E-state index is -1.21. The number of unbranched alkanes of at least 4 members (excludes halogenated alkanes) is 3. The molecule has 10 amide bonds. The number of primary amides is 1. The molecule has 0 radical (unpaired) electrons. The number of rotatable bonds is 29. The van der Waals surface area contributed by atoms with Crippen LogP contribution in [-0.4, -0.2) is 166 Å². The molecular formula is C59H81N13O11S. The van der Waals surface area contributed by atoms with Crippen molar-refractivity contribution in [2.24, 2.45) is 17.6 Å². The molecule has 8 rings (SSSR count). The molecule has 3 saturated heterocycles. The van der Waals surface area contributed by atoms with Crippen molar-refractivity contribution < 1.29 is 48.1 Å². The number of nitrogens with one attached hydrogen (secondary N) is 9. The standard InChI is InChI=1S/C59H81N13O11S/c1-33(2)51(68-54(76)37-28-40-39-13-11-16-41-50(39)36(30-63-41)29-47(40)70(4)31-37)57(79)66-44(27-35-20-22-38(23-21-35)72(82)83)58(80)71-26-12-17-46(71)56(78)62-25-10-8-15-43(64-34(3)73)55(77)61-24-9-7-14-42(53(60)75)65-49(74)19-6-5-18-48-52-45(32-84-48)67-59(81)69-52/h11,13,16,20-23,28,30,33,37,42-48,51-52,63H,5-10,12,14-15,17-19,24-27,29,31-32H2,1-4H3,(H2,60,75)(H,61,77)(H,62,78)(H,64,73)(H,65,74)(H,66,79)(H,68,76)(H2,67,69,81)/t37-,42+,43+,44+,45+,46+,47-,48+,51+,52+/m1/s1. The van der Waals surface area contributed by atoms with Crippen molar-refractivity contribution in [3.63, 3.8) is 0 Å². The third kappa shape index (κ3) is 15.8. The highest BCUT2D eigenvalue weighted by Gasteiger charge is 2.43. The third-order valence-electron chi connectivity index (χ3n) is 16.8. The molecule has 3 aromatic rings. The maximum Gasteiger partial charge on any atom is 0.315 e. The maximum atomic E-state index is 14.7. The van der Waals surface area contributed by atoms with E-state index in [0.29, 0.717) is 62.3 Å². The van der Waals surface area contributed by atoms with Crippen LogP contribution in [0.15, 0.2) is 54.7 Å². The first kappa shape index (κ1) is 62.5. The number of urea groups is 1. The minimum Gasteiger partial charge on any atom is -0.368 e. The molecule has 5 aliphatic rings. The summed E-state index contributed by atoms with van der Waals surface area (Å²) in [6.45, 7) is 6.03. The number of thioether (sulfide) groups is 1. The number of hydrogen-bond acceptors (Lipinski definition) is 13. The summed E-state index contributed by atoms with van der Waals surface area (Å²) in [4.78, 5) is 137. The highest BCUT2D eigenvalue weighted by Crippen LogP contribution is 2.41. The highest BCUT2D eigenvalue weighted by atomic mass is 32.2. The van der Waals surface area contributed by atoms with Crippen LogP contribution in [0.5, 0.6) is 0 Å². The molecule has 0 unspecified atom stereocenters.